The lowest BCUT2D eigenvalue weighted by Crippen LogP contribution is -2.33. The summed E-state index contributed by atoms with van der Waals surface area (Å²) >= 11 is 0. The highest BCUT2D eigenvalue weighted by Crippen LogP contribution is 2.34. The number of primary amides is 1. The first-order chi connectivity index (χ1) is 7.31. The van der Waals surface area contributed by atoms with Crippen LogP contribution < -0.4 is 11.5 Å². The number of nitrogens with two attached hydrogens (primary N) is 2. The fourth-order valence-corrected chi connectivity index (χ4v) is 1.97. The zero-order valence-electron chi connectivity index (χ0n) is 11.3. The minimum absolute atomic E-state index is 0.0571. The average Bonchev–Trinajstić information content (AvgIpc) is 2.23. The maximum atomic E-state index is 11.6. The third-order valence-electron chi connectivity index (χ3n) is 3.40. The first-order valence-corrected chi connectivity index (χ1v) is 6.10. The van der Waals surface area contributed by atoms with E-state index in [2.05, 4.69) is 6.92 Å². The second-order valence-electron chi connectivity index (χ2n) is 4.87. The van der Waals surface area contributed by atoms with E-state index < -0.39 is 0 Å². The first kappa shape index (κ1) is 15.2. The van der Waals surface area contributed by atoms with Crippen LogP contribution >= 0.6 is 0 Å². The summed E-state index contributed by atoms with van der Waals surface area (Å²) < 4.78 is 0. The minimum atomic E-state index is -0.326. The van der Waals surface area contributed by atoms with Gasteiger partial charge in [0.25, 0.3) is 0 Å². The summed E-state index contributed by atoms with van der Waals surface area (Å²) in [4.78, 5) is 11.6. The van der Waals surface area contributed by atoms with Crippen LogP contribution in [0, 0.1) is 5.41 Å². The van der Waals surface area contributed by atoms with Gasteiger partial charge in [0.05, 0.1) is 0 Å². The van der Waals surface area contributed by atoms with E-state index in [1.54, 1.807) is 0 Å². The van der Waals surface area contributed by atoms with Gasteiger partial charge in [-0.2, -0.15) is 0 Å². The standard InChI is InChI=1S/C13H26N2O/c1-6-9(10(14)7-2)11(12(15)16)13(4,5)8-3/h10H,6-8,14H2,1-5H3,(H2,15,16)/b11-9+. The number of carbonyl (C=O) groups is 1. The van der Waals surface area contributed by atoms with Crippen LogP contribution in [0.4, 0.5) is 0 Å². The Bertz CT molecular complexity index is 280. The molecule has 0 saturated heterocycles. The molecule has 0 heterocycles. The predicted octanol–water partition coefficient (Wildman–Crippen LogP) is 2.35. The molecule has 3 nitrogen and oxygen atoms in total. The summed E-state index contributed by atoms with van der Waals surface area (Å²) in [5.41, 5.74) is 13.1. The number of hydrogen-bond donors (Lipinski definition) is 2. The molecule has 3 heteroatoms. The molecule has 16 heavy (non-hydrogen) atoms. The highest BCUT2D eigenvalue weighted by atomic mass is 16.1. The van der Waals surface area contributed by atoms with Crippen LogP contribution in [0.2, 0.25) is 0 Å². The van der Waals surface area contributed by atoms with Gasteiger partial charge in [0.1, 0.15) is 0 Å². The van der Waals surface area contributed by atoms with E-state index in [9.17, 15) is 4.79 Å². The summed E-state index contributed by atoms with van der Waals surface area (Å²) in [6, 6.07) is -0.0571. The van der Waals surface area contributed by atoms with E-state index in [1.165, 1.54) is 0 Å². The molecule has 0 aliphatic carbocycles. The molecule has 94 valence electrons. The van der Waals surface area contributed by atoms with Crippen molar-refractivity contribution in [2.75, 3.05) is 0 Å². The molecule has 0 fully saturated rings. The quantitative estimate of drug-likeness (QED) is 0.683. The predicted molar refractivity (Wildman–Crippen MR) is 68.8 cm³/mol. The fourth-order valence-electron chi connectivity index (χ4n) is 1.97. The summed E-state index contributed by atoms with van der Waals surface area (Å²) in [5, 5.41) is 0. The van der Waals surface area contributed by atoms with Crippen molar-refractivity contribution in [1.29, 1.82) is 0 Å². The maximum Gasteiger partial charge on any atom is 0.245 e. The van der Waals surface area contributed by atoms with Crippen LogP contribution in [0.1, 0.15) is 53.9 Å². The van der Waals surface area contributed by atoms with Gasteiger partial charge in [-0.15, -0.1) is 0 Å². The van der Waals surface area contributed by atoms with E-state index in [4.69, 9.17) is 11.5 Å². The number of hydrogen-bond acceptors (Lipinski definition) is 2. The zero-order chi connectivity index (χ0) is 12.9. The number of amides is 1. The lowest BCUT2D eigenvalue weighted by molar-refractivity contribution is -0.115. The van der Waals surface area contributed by atoms with Crippen molar-refractivity contribution in [2.45, 2.75) is 59.9 Å². The van der Waals surface area contributed by atoms with Crippen molar-refractivity contribution in [3.8, 4) is 0 Å². The third kappa shape index (κ3) is 3.34. The van der Waals surface area contributed by atoms with Crippen LogP contribution in [0.5, 0.6) is 0 Å². The first-order valence-electron chi connectivity index (χ1n) is 6.10. The van der Waals surface area contributed by atoms with Gasteiger partial charge in [-0.05, 0) is 30.3 Å². The normalized spacial score (nSPS) is 15.6. The summed E-state index contributed by atoms with van der Waals surface area (Å²) in [6.07, 6.45) is 2.50. The molecule has 0 radical (unpaired) electrons. The van der Waals surface area contributed by atoms with Gasteiger partial charge < -0.3 is 11.5 Å². The molecule has 0 rings (SSSR count). The largest absolute Gasteiger partial charge is 0.366 e. The third-order valence-corrected chi connectivity index (χ3v) is 3.40. The van der Waals surface area contributed by atoms with Crippen molar-refractivity contribution in [1.82, 2.24) is 0 Å². The molecular formula is C13H26N2O. The van der Waals surface area contributed by atoms with Crippen LogP contribution in [0.25, 0.3) is 0 Å². The minimum Gasteiger partial charge on any atom is -0.366 e. The van der Waals surface area contributed by atoms with Crippen molar-refractivity contribution < 1.29 is 4.79 Å². The van der Waals surface area contributed by atoms with E-state index in [0.717, 1.165) is 30.4 Å². The Kier molecular flexibility index (Phi) is 5.73. The monoisotopic (exact) mass is 226 g/mol. The van der Waals surface area contributed by atoms with E-state index in [0.29, 0.717) is 0 Å². The molecule has 0 aromatic heterocycles. The Morgan fingerprint density at radius 2 is 1.75 bits per heavy atom. The Morgan fingerprint density at radius 3 is 2.00 bits per heavy atom. The van der Waals surface area contributed by atoms with Crippen LogP contribution in [0.3, 0.4) is 0 Å². The van der Waals surface area contributed by atoms with E-state index >= 15 is 0 Å². The van der Waals surface area contributed by atoms with Gasteiger partial charge in [0.2, 0.25) is 5.91 Å². The zero-order valence-corrected chi connectivity index (χ0v) is 11.3. The molecule has 0 aromatic carbocycles. The van der Waals surface area contributed by atoms with Crippen molar-refractivity contribution in [3.05, 3.63) is 11.1 Å². The fraction of sp³-hybridized carbons (Fsp3) is 0.769. The van der Waals surface area contributed by atoms with Crippen molar-refractivity contribution in [3.63, 3.8) is 0 Å². The molecule has 1 unspecified atom stereocenters. The van der Waals surface area contributed by atoms with Crippen molar-refractivity contribution in [2.24, 2.45) is 16.9 Å². The summed E-state index contributed by atoms with van der Waals surface area (Å²) in [7, 11) is 0. The molecule has 0 spiro atoms. The Hall–Kier alpha value is -0.830. The van der Waals surface area contributed by atoms with Gasteiger partial charge >= 0.3 is 0 Å². The Balaban J connectivity index is 5.61. The van der Waals surface area contributed by atoms with Gasteiger partial charge in [-0.1, -0.05) is 34.6 Å². The molecule has 0 aliphatic heterocycles. The molecule has 1 amide bonds. The smallest absolute Gasteiger partial charge is 0.245 e. The topological polar surface area (TPSA) is 69.1 Å². The maximum absolute atomic E-state index is 11.6. The van der Waals surface area contributed by atoms with Gasteiger partial charge in [-0.25, -0.2) is 0 Å². The lowest BCUT2D eigenvalue weighted by Gasteiger charge is -2.29. The summed E-state index contributed by atoms with van der Waals surface area (Å²) in [5.74, 6) is -0.326. The molecule has 0 bridgehead atoms. The number of carbonyl (C=O) groups excluding carboxylic acids is 1. The molecule has 1 atom stereocenters. The van der Waals surface area contributed by atoms with Gasteiger partial charge in [0.15, 0.2) is 0 Å². The number of rotatable bonds is 6. The second kappa shape index (κ2) is 6.04. The van der Waals surface area contributed by atoms with Gasteiger partial charge in [-0.3, -0.25) is 4.79 Å². The van der Waals surface area contributed by atoms with E-state index in [-0.39, 0.29) is 17.4 Å². The van der Waals surface area contributed by atoms with Crippen molar-refractivity contribution >= 4 is 5.91 Å². The Labute approximate surface area is 99.3 Å². The van der Waals surface area contributed by atoms with Crippen LogP contribution in [-0.4, -0.2) is 11.9 Å². The highest BCUT2D eigenvalue weighted by molar-refractivity contribution is 5.94. The summed E-state index contributed by atoms with van der Waals surface area (Å²) in [6.45, 7) is 10.2. The van der Waals surface area contributed by atoms with E-state index in [1.807, 2.05) is 27.7 Å². The molecule has 0 saturated carbocycles. The second-order valence-corrected chi connectivity index (χ2v) is 4.87. The molecule has 4 N–H and O–H groups in total. The SMILES string of the molecule is CC/C(=C(/C(N)=O)C(C)(C)CC)C(N)CC. The van der Waals surface area contributed by atoms with Gasteiger partial charge in [0, 0.05) is 11.6 Å². The lowest BCUT2D eigenvalue weighted by atomic mass is 9.76. The van der Waals surface area contributed by atoms with Crippen LogP contribution in [0.15, 0.2) is 11.1 Å². The Morgan fingerprint density at radius 1 is 1.25 bits per heavy atom. The average molecular weight is 226 g/mol. The molecular weight excluding hydrogens is 200 g/mol. The highest BCUT2D eigenvalue weighted by Gasteiger charge is 2.29. The van der Waals surface area contributed by atoms with Crippen LogP contribution in [-0.2, 0) is 4.79 Å². The molecule has 0 aromatic rings. The molecule has 0 aliphatic rings.